The molecule has 5 nitrogen and oxygen atoms in total. The monoisotopic (exact) mass is 441 g/mol. The van der Waals surface area contributed by atoms with Crippen molar-refractivity contribution in [3.8, 4) is 5.75 Å². The second-order valence-corrected chi connectivity index (χ2v) is 7.12. The van der Waals surface area contributed by atoms with Crippen molar-refractivity contribution >= 4 is 33.2 Å². The van der Waals surface area contributed by atoms with Gasteiger partial charge in [-0.1, -0.05) is 15.9 Å². The molecule has 1 unspecified atom stereocenters. The highest BCUT2D eigenvalue weighted by Gasteiger charge is 2.39. The zero-order valence-electron chi connectivity index (χ0n) is 15.0. The van der Waals surface area contributed by atoms with Crippen LogP contribution in [0, 0.1) is 5.82 Å². The maximum Gasteiger partial charge on any atom is 0.262 e. The first-order chi connectivity index (χ1) is 13.6. The first-order valence-corrected chi connectivity index (χ1v) is 9.60. The van der Waals surface area contributed by atoms with E-state index in [9.17, 15) is 9.18 Å². The third-order valence-electron chi connectivity index (χ3n) is 4.45. The number of fused-ring (bicyclic) bond motifs is 1. The summed E-state index contributed by atoms with van der Waals surface area (Å²) in [5.74, 6) is 0.108. The summed E-state index contributed by atoms with van der Waals surface area (Å²) in [6, 6.07) is 15.4. The van der Waals surface area contributed by atoms with Crippen molar-refractivity contribution in [3.63, 3.8) is 0 Å². The highest BCUT2D eigenvalue weighted by atomic mass is 79.9. The number of amides is 1. The summed E-state index contributed by atoms with van der Waals surface area (Å²) in [4.78, 5) is 19.0. The fourth-order valence-corrected chi connectivity index (χ4v) is 3.54. The molecular weight excluding hydrogens is 425 g/mol. The molecule has 142 valence electrons. The van der Waals surface area contributed by atoms with Crippen LogP contribution in [0.4, 0.5) is 15.8 Å². The standard InChI is InChI=1S/C21H17BrFN3O2/c1-2-28-15-8-6-14(7-9-15)26-20(19-16(21(26)27)4-3-11-24-19)25-18-10-5-13(22)12-17(18)23/h3-12,20,25H,2H2,1H3. The van der Waals surface area contributed by atoms with Gasteiger partial charge in [-0.3, -0.25) is 14.7 Å². The lowest BCUT2D eigenvalue weighted by molar-refractivity contribution is 0.0993. The fraction of sp³-hybridized carbons (Fsp3) is 0.143. The molecule has 1 aromatic heterocycles. The minimum atomic E-state index is -0.627. The number of anilines is 2. The third-order valence-corrected chi connectivity index (χ3v) is 4.95. The number of halogens is 2. The number of rotatable bonds is 5. The van der Waals surface area contributed by atoms with Gasteiger partial charge in [0, 0.05) is 16.4 Å². The maximum absolute atomic E-state index is 14.4. The smallest absolute Gasteiger partial charge is 0.262 e. The molecule has 2 heterocycles. The van der Waals surface area contributed by atoms with Crippen molar-refractivity contribution in [2.75, 3.05) is 16.8 Å². The van der Waals surface area contributed by atoms with E-state index < -0.39 is 12.0 Å². The number of pyridine rings is 1. The molecule has 1 aliphatic rings. The van der Waals surface area contributed by atoms with Crippen molar-refractivity contribution in [2.24, 2.45) is 0 Å². The van der Waals surface area contributed by atoms with E-state index in [2.05, 4.69) is 26.2 Å². The van der Waals surface area contributed by atoms with Gasteiger partial charge in [-0.15, -0.1) is 0 Å². The Bertz CT molecular complexity index is 1030. The largest absolute Gasteiger partial charge is 0.494 e. The minimum Gasteiger partial charge on any atom is -0.494 e. The van der Waals surface area contributed by atoms with Gasteiger partial charge in [0.25, 0.3) is 5.91 Å². The Hall–Kier alpha value is -2.93. The summed E-state index contributed by atoms with van der Waals surface area (Å²) in [6.07, 6.45) is 0.998. The molecule has 0 spiro atoms. The summed E-state index contributed by atoms with van der Waals surface area (Å²) < 4.78 is 20.5. The third kappa shape index (κ3) is 3.33. The number of hydrogen-bond acceptors (Lipinski definition) is 4. The van der Waals surface area contributed by atoms with E-state index in [1.54, 1.807) is 59.6 Å². The van der Waals surface area contributed by atoms with Crippen LogP contribution in [-0.4, -0.2) is 17.5 Å². The molecule has 1 amide bonds. The number of ether oxygens (including phenoxy) is 1. The predicted molar refractivity (Wildman–Crippen MR) is 109 cm³/mol. The van der Waals surface area contributed by atoms with E-state index in [0.717, 1.165) is 5.75 Å². The molecule has 1 N–H and O–H groups in total. The quantitative estimate of drug-likeness (QED) is 0.594. The molecule has 0 saturated heterocycles. The highest BCUT2D eigenvalue weighted by molar-refractivity contribution is 9.10. The average Bonchev–Trinajstić information content (AvgIpc) is 2.97. The second-order valence-electron chi connectivity index (χ2n) is 6.21. The molecule has 28 heavy (non-hydrogen) atoms. The first kappa shape index (κ1) is 18.4. The van der Waals surface area contributed by atoms with Gasteiger partial charge in [0.05, 0.1) is 23.6 Å². The zero-order chi connectivity index (χ0) is 19.7. The van der Waals surface area contributed by atoms with Crippen molar-refractivity contribution in [1.29, 1.82) is 0 Å². The molecule has 0 saturated carbocycles. The van der Waals surface area contributed by atoms with Crippen molar-refractivity contribution in [2.45, 2.75) is 13.1 Å². The van der Waals surface area contributed by atoms with Crippen LogP contribution >= 0.6 is 15.9 Å². The van der Waals surface area contributed by atoms with Gasteiger partial charge in [-0.25, -0.2) is 4.39 Å². The lowest BCUT2D eigenvalue weighted by atomic mass is 10.2. The van der Waals surface area contributed by atoms with Gasteiger partial charge in [-0.05, 0) is 61.5 Å². The van der Waals surface area contributed by atoms with Crippen molar-refractivity contribution < 1.29 is 13.9 Å². The molecule has 7 heteroatoms. The Morgan fingerprint density at radius 1 is 1.21 bits per heavy atom. The van der Waals surface area contributed by atoms with E-state index >= 15 is 0 Å². The van der Waals surface area contributed by atoms with Crippen LogP contribution in [0.25, 0.3) is 0 Å². The van der Waals surface area contributed by atoms with Gasteiger partial charge >= 0.3 is 0 Å². The first-order valence-electron chi connectivity index (χ1n) is 8.81. The van der Waals surface area contributed by atoms with Gasteiger partial charge in [0.15, 0.2) is 6.17 Å². The van der Waals surface area contributed by atoms with Crippen LogP contribution in [0.2, 0.25) is 0 Å². The summed E-state index contributed by atoms with van der Waals surface area (Å²) in [5.41, 5.74) is 2.01. The van der Waals surface area contributed by atoms with Crippen LogP contribution in [0.1, 0.15) is 29.1 Å². The Labute approximate surface area is 170 Å². The number of aromatic nitrogens is 1. The molecule has 0 aliphatic carbocycles. The molecule has 1 atom stereocenters. The predicted octanol–water partition coefficient (Wildman–Crippen LogP) is 5.15. The summed E-state index contributed by atoms with van der Waals surface area (Å²) in [7, 11) is 0. The van der Waals surface area contributed by atoms with Gasteiger partial charge in [0.2, 0.25) is 0 Å². The van der Waals surface area contributed by atoms with Crippen LogP contribution in [0.3, 0.4) is 0 Å². The van der Waals surface area contributed by atoms with Crippen molar-refractivity contribution in [3.05, 3.63) is 82.3 Å². The van der Waals surface area contributed by atoms with E-state index in [-0.39, 0.29) is 11.6 Å². The van der Waals surface area contributed by atoms with E-state index in [1.165, 1.54) is 6.07 Å². The molecule has 3 aromatic rings. The summed E-state index contributed by atoms with van der Waals surface area (Å²) in [5, 5.41) is 3.13. The van der Waals surface area contributed by atoms with Crippen LogP contribution < -0.4 is 15.0 Å². The van der Waals surface area contributed by atoms with E-state index in [4.69, 9.17) is 4.74 Å². The van der Waals surface area contributed by atoms with Crippen LogP contribution in [0.5, 0.6) is 5.75 Å². The normalized spacial score (nSPS) is 15.5. The van der Waals surface area contributed by atoms with Gasteiger partial charge in [0.1, 0.15) is 11.6 Å². The number of carbonyl (C=O) groups excluding carboxylic acids is 1. The molecular formula is C21H17BrFN3O2. The van der Waals surface area contributed by atoms with E-state index in [0.29, 0.717) is 28.0 Å². The maximum atomic E-state index is 14.4. The Balaban J connectivity index is 1.74. The molecule has 0 fully saturated rings. The molecule has 0 bridgehead atoms. The molecule has 4 rings (SSSR count). The van der Waals surface area contributed by atoms with Gasteiger partial charge in [-0.2, -0.15) is 0 Å². The fourth-order valence-electron chi connectivity index (χ4n) is 3.21. The summed E-state index contributed by atoms with van der Waals surface area (Å²) in [6.45, 7) is 2.47. The molecule has 1 aliphatic heterocycles. The molecule has 2 aromatic carbocycles. The zero-order valence-corrected chi connectivity index (χ0v) is 16.6. The Morgan fingerprint density at radius 2 is 2.00 bits per heavy atom. The van der Waals surface area contributed by atoms with E-state index in [1.807, 2.05) is 6.92 Å². The van der Waals surface area contributed by atoms with Crippen molar-refractivity contribution in [1.82, 2.24) is 4.98 Å². The highest BCUT2D eigenvalue weighted by Crippen LogP contribution is 2.38. The number of nitrogens with one attached hydrogen (secondary N) is 1. The summed E-state index contributed by atoms with van der Waals surface area (Å²) >= 11 is 3.26. The topological polar surface area (TPSA) is 54.5 Å². The lowest BCUT2D eigenvalue weighted by Crippen LogP contribution is -2.32. The minimum absolute atomic E-state index is 0.192. The van der Waals surface area contributed by atoms with Gasteiger partial charge < -0.3 is 10.1 Å². The van der Waals surface area contributed by atoms with Crippen LogP contribution in [0.15, 0.2) is 65.3 Å². The SMILES string of the molecule is CCOc1ccc(N2C(=O)c3cccnc3C2Nc2ccc(Br)cc2F)cc1. The lowest BCUT2D eigenvalue weighted by Gasteiger charge is -2.27. The number of hydrogen-bond donors (Lipinski definition) is 1. The average molecular weight is 442 g/mol. The number of nitrogens with zero attached hydrogens (tertiary/aromatic N) is 2. The Kier molecular flexibility index (Phi) is 5.00. The Morgan fingerprint density at radius 3 is 2.71 bits per heavy atom. The number of carbonyl (C=O) groups is 1. The molecule has 0 radical (unpaired) electrons. The van der Waals surface area contributed by atoms with Crippen LogP contribution in [-0.2, 0) is 0 Å². The number of benzene rings is 2. The second kappa shape index (κ2) is 7.59.